The molecule has 2 fully saturated rings. The van der Waals surface area contributed by atoms with Crippen molar-refractivity contribution >= 4 is 11.8 Å². The molecule has 6 nitrogen and oxygen atoms in total. The summed E-state index contributed by atoms with van der Waals surface area (Å²) in [5, 5.41) is 0. The minimum Gasteiger partial charge on any atom is -0.493 e. The van der Waals surface area contributed by atoms with Crippen molar-refractivity contribution < 1.29 is 14.3 Å². The Morgan fingerprint density at radius 3 is 2.02 bits per heavy atom. The summed E-state index contributed by atoms with van der Waals surface area (Å²) in [6, 6.07) is 19.5. The summed E-state index contributed by atoms with van der Waals surface area (Å²) in [6.45, 7) is 19.5. The summed E-state index contributed by atoms with van der Waals surface area (Å²) in [4.78, 5) is 32.1. The first-order valence-electron chi connectivity index (χ1n) is 15.4. The first-order chi connectivity index (χ1) is 19.3. The summed E-state index contributed by atoms with van der Waals surface area (Å²) in [5.41, 5.74) is 2.55. The smallest absolute Gasteiger partial charge is 0.223 e. The fourth-order valence-corrected chi connectivity index (χ4v) is 6.19. The molecule has 0 spiro atoms. The van der Waals surface area contributed by atoms with E-state index in [0.717, 1.165) is 51.3 Å². The number of nitrogens with zero attached hydrogens (tertiary/aromatic N) is 3. The fraction of sp³-hybridized carbons (Fsp3) is 0.600. The average molecular weight is 562 g/mol. The van der Waals surface area contributed by atoms with Gasteiger partial charge in [-0.1, -0.05) is 84.0 Å². The largest absolute Gasteiger partial charge is 0.493 e. The van der Waals surface area contributed by atoms with Gasteiger partial charge in [-0.15, -0.1) is 0 Å². The second-order valence-electron chi connectivity index (χ2n) is 14.3. The molecule has 2 heterocycles. The van der Waals surface area contributed by atoms with E-state index in [9.17, 15) is 9.59 Å². The van der Waals surface area contributed by atoms with Crippen LogP contribution in [0.2, 0.25) is 0 Å². The molecule has 1 unspecified atom stereocenters. The van der Waals surface area contributed by atoms with E-state index in [2.05, 4.69) is 106 Å². The quantitative estimate of drug-likeness (QED) is 0.392. The van der Waals surface area contributed by atoms with Gasteiger partial charge in [0, 0.05) is 52.1 Å². The zero-order chi connectivity index (χ0) is 29.8. The van der Waals surface area contributed by atoms with Crippen LogP contribution in [0, 0.1) is 16.7 Å². The maximum Gasteiger partial charge on any atom is 0.223 e. The zero-order valence-corrected chi connectivity index (χ0v) is 26.4. The van der Waals surface area contributed by atoms with Gasteiger partial charge in [0.15, 0.2) is 0 Å². The van der Waals surface area contributed by atoms with Crippen LogP contribution in [0.15, 0.2) is 54.6 Å². The molecule has 2 atom stereocenters. The summed E-state index contributed by atoms with van der Waals surface area (Å²) in [7, 11) is 0. The number of ether oxygens (including phenoxy) is 1. The number of carbonyl (C=O) groups excluding carboxylic acids is 2. The Balaban J connectivity index is 1.51. The Morgan fingerprint density at radius 2 is 1.46 bits per heavy atom. The molecule has 6 heteroatoms. The molecule has 2 aromatic carbocycles. The van der Waals surface area contributed by atoms with Crippen molar-refractivity contribution in [3.63, 3.8) is 0 Å². The molecule has 2 aromatic rings. The predicted octanol–water partition coefficient (Wildman–Crippen LogP) is 6.41. The first-order valence-corrected chi connectivity index (χ1v) is 15.4. The van der Waals surface area contributed by atoms with Crippen molar-refractivity contribution in [1.82, 2.24) is 14.7 Å². The fourth-order valence-electron chi connectivity index (χ4n) is 6.19. The molecule has 2 aliphatic heterocycles. The van der Waals surface area contributed by atoms with Crippen molar-refractivity contribution in [3.05, 3.63) is 65.7 Å². The molecule has 0 aromatic heterocycles. The third kappa shape index (κ3) is 8.34. The molecule has 224 valence electrons. The maximum atomic E-state index is 13.7. The van der Waals surface area contributed by atoms with E-state index < -0.39 is 0 Å². The van der Waals surface area contributed by atoms with Crippen LogP contribution in [-0.2, 0) is 9.59 Å². The van der Waals surface area contributed by atoms with Crippen LogP contribution >= 0.6 is 0 Å². The van der Waals surface area contributed by atoms with Crippen molar-refractivity contribution in [1.29, 1.82) is 0 Å². The standard InChI is InChI=1S/C35H51N3O3/c1-26(39)36-19-17-27(18-20-36)23-32(40)38-22-21-37(24-31(38)35(5,6)7)33(28-11-9-8-10-12-28)29-13-15-30(16-14-29)41-25-34(2,3)4/h8-16,27,31,33H,17-25H2,1-7H3/t31-,33?/m1/s1. The highest BCUT2D eigenvalue weighted by Crippen LogP contribution is 2.36. The van der Waals surface area contributed by atoms with Gasteiger partial charge < -0.3 is 14.5 Å². The number of benzene rings is 2. The highest BCUT2D eigenvalue weighted by Gasteiger charge is 2.40. The van der Waals surface area contributed by atoms with Crippen molar-refractivity contribution in [2.45, 2.75) is 79.8 Å². The van der Waals surface area contributed by atoms with Crippen LogP contribution < -0.4 is 4.74 Å². The van der Waals surface area contributed by atoms with Crippen molar-refractivity contribution in [3.8, 4) is 5.75 Å². The third-order valence-corrected chi connectivity index (χ3v) is 8.60. The van der Waals surface area contributed by atoms with Crippen LogP contribution in [0.4, 0.5) is 0 Å². The maximum absolute atomic E-state index is 13.7. The number of piperidine rings is 1. The molecular weight excluding hydrogens is 510 g/mol. The Kier molecular flexibility index (Phi) is 9.84. The van der Waals surface area contributed by atoms with Crippen molar-refractivity contribution in [2.24, 2.45) is 16.7 Å². The summed E-state index contributed by atoms with van der Waals surface area (Å²) in [6.07, 6.45) is 2.41. The summed E-state index contributed by atoms with van der Waals surface area (Å²) in [5.74, 6) is 1.65. The van der Waals surface area contributed by atoms with Gasteiger partial charge in [0.25, 0.3) is 0 Å². The lowest BCUT2D eigenvalue weighted by molar-refractivity contribution is -0.141. The molecule has 0 radical (unpaired) electrons. The van der Waals surface area contributed by atoms with E-state index in [0.29, 0.717) is 18.9 Å². The minimum atomic E-state index is -0.0573. The Hall–Kier alpha value is -2.86. The number of likely N-dealkylation sites (tertiary alicyclic amines) is 1. The van der Waals surface area contributed by atoms with Gasteiger partial charge in [0.2, 0.25) is 11.8 Å². The molecule has 0 N–H and O–H groups in total. The highest BCUT2D eigenvalue weighted by atomic mass is 16.5. The molecule has 41 heavy (non-hydrogen) atoms. The van der Waals surface area contributed by atoms with Crippen LogP contribution in [0.3, 0.4) is 0 Å². The van der Waals surface area contributed by atoms with Gasteiger partial charge >= 0.3 is 0 Å². The van der Waals surface area contributed by atoms with Gasteiger partial charge in [-0.3, -0.25) is 14.5 Å². The molecule has 4 rings (SSSR count). The van der Waals surface area contributed by atoms with E-state index in [1.54, 1.807) is 6.92 Å². The van der Waals surface area contributed by atoms with Crippen LogP contribution in [0.1, 0.15) is 84.9 Å². The highest BCUT2D eigenvalue weighted by molar-refractivity contribution is 5.77. The minimum absolute atomic E-state index is 0.0573. The lowest BCUT2D eigenvalue weighted by Gasteiger charge is -2.50. The van der Waals surface area contributed by atoms with E-state index in [4.69, 9.17) is 4.74 Å². The van der Waals surface area contributed by atoms with E-state index in [-0.39, 0.29) is 34.7 Å². The molecule has 0 bridgehead atoms. The number of hydrogen-bond acceptors (Lipinski definition) is 4. The summed E-state index contributed by atoms with van der Waals surface area (Å²) >= 11 is 0. The number of piperazine rings is 1. The number of rotatable bonds is 7. The number of hydrogen-bond donors (Lipinski definition) is 0. The molecule has 0 aliphatic carbocycles. The molecule has 2 aliphatic rings. The molecule has 2 amide bonds. The van der Waals surface area contributed by atoms with Gasteiger partial charge in [-0.2, -0.15) is 0 Å². The monoisotopic (exact) mass is 561 g/mol. The lowest BCUT2D eigenvalue weighted by atomic mass is 9.82. The normalized spacial score (nSPS) is 20.1. The van der Waals surface area contributed by atoms with Crippen LogP contribution in [0.5, 0.6) is 5.75 Å². The third-order valence-electron chi connectivity index (χ3n) is 8.60. The topological polar surface area (TPSA) is 53.1 Å². The second kappa shape index (κ2) is 13.0. The molecular formula is C35H51N3O3. The number of amides is 2. The Bertz CT molecular complexity index is 1140. The van der Waals surface area contributed by atoms with E-state index >= 15 is 0 Å². The van der Waals surface area contributed by atoms with Gasteiger partial charge in [-0.25, -0.2) is 0 Å². The van der Waals surface area contributed by atoms with Gasteiger partial charge in [-0.05, 0) is 52.8 Å². The molecule has 2 saturated heterocycles. The second-order valence-corrected chi connectivity index (χ2v) is 14.3. The van der Waals surface area contributed by atoms with Crippen molar-refractivity contribution in [2.75, 3.05) is 39.3 Å². The molecule has 0 saturated carbocycles. The predicted molar refractivity (Wildman–Crippen MR) is 166 cm³/mol. The first kappa shape index (κ1) is 31.1. The SMILES string of the molecule is CC(=O)N1CCC(CC(=O)N2CCN(C(c3ccccc3)c3ccc(OCC(C)(C)C)cc3)C[C@@H]2C(C)(C)C)CC1. The van der Waals surface area contributed by atoms with Crippen LogP contribution in [-0.4, -0.2) is 71.9 Å². The van der Waals surface area contributed by atoms with E-state index in [1.807, 2.05) is 4.90 Å². The average Bonchev–Trinajstić information content (AvgIpc) is 2.92. The Morgan fingerprint density at radius 1 is 0.854 bits per heavy atom. The van der Waals surface area contributed by atoms with E-state index in [1.165, 1.54) is 11.1 Å². The van der Waals surface area contributed by atoms with Crippen LogP contribution in [0.25, 0.3) is 0 Å². The number of carbonyl (C=O) groups is 2. The summed E-state index contributed by atoms with van der Waals surface area (Å²) < 4.78 is 6.06. The Labute approximate surface area is 248 Å². The zero-order valence-electron chi connectivity index (χ0n) is 26.4. The van der Waals surface area contributed by atoms with Gasteiger partial charge in [0.05, 0.1) is 12.6 Å². The lowest BCUT2D eigenvalue weighted by Crippen LogP contribution is -2.60. The van der Waals surface area contributed by atoms with Gasteiger partial charge in [0.1, 0.15) is 5.75 Å².